The van der Waals surface area contributed by atoms with Crippen LogP contribution in [0.1, 0.15) is 20.8 Å². The monoisotopic (exact) mass is 300 g/mol. The molecule has 1 rings (SSSR count). The van der Waals surface area contributed by atoms with E-state index in [-0.39, 0.29) is 22.4 Å². The zero-order chi connectivity index (χ0) is 15.3. The van der Waals surface area contributed by atoms with Crippen molar-refractivity contribution in [3.8, 4) is 0 Å². The van der Waals surface area contributed by atoms with Crippen molar-refractivity contribution in [3.05, 3.63) is 18.5 Å². The van der Waals surface area contributed by atoms with Crippen LogP contribution in [-0.4, -0.2) is 31.9 Å². The van der Waals surface area contributed by atoms with Gasteiger partial charge in [-0.3, -0.25) is 9.78 Å². The lowest BCUT2D eigenvalue weighted by Gasteiger charge is -2.15. The van der Waals surface area contributed by atoms with Gasteiger partial charge in [-0.1, -0.05) is 13.8 Å². The molecule has 0 saturated heterocycles. The van der Waals surface area contributed by atoms with Gasteiger partial charge in [-0.2, -0.15) is 4.72 Å². The first-order chi connectivity index (χ1) is 9.24. The van der Waals surface area contributed by atoms with E-state index in [0.29, 0.717) is 6.54 Å². The fourth-order valence-corrected chi connectivity index (χ4v) is 2.70. The van der Waals surface area contributed by atoms with E-state index in [1.165, 1.54) is 19.2 Å². The molecule has 0 aromatic carbocycles. The molecule has 0 saturated carbocycles. The molecule has 0 radical (unpaired) electrons. The molecule has 0 fully saturated rings. The van der Waals surface area contributed by atoms with Crippen molar-refractivity contribution in [2.24, 2.45) is 5.92 Å². The molecular weight excluding hydrogens is 280 g/mol. The number of aromatic nitrogens is 1. The molecule has 0 aliphatic carbocycles. The minimum absolute atomic E-state index is 0.0855. The lowest BCUT2D eigenvalue weighted by atomic mass is 10.2. The van der Waals surface area contributed by atoms with Crippen molar-refractivity contribution in [3.63, 3.8) is 0 Å². The van der Waals surface area contributed by atoms with Crippen LogP contribution in [0.5, 0.6) is 0 Å². The molecule has 20 heavy (non-hydrogen) atoms. The number of carbonyl (C=O) groups excluding carboxylic acids is 1. The molecule has 1 aromatic heterocycles. The Labute approximate surface area is 119 Å². The highest BCUT2D eigenvalue weighted by Crippen LogP contribution is 2.15. The third kappa shape index (κ3) is 4.46. The summed E-state index contributed by atoms with van der Waals surface area (Å²) in [5, 5.41) is 2.66. The van der Waals surface area contributed by atoms with Crippen LogP contribution >= 0.6 is 0 Å². The number of pyridine rings is 1. The van der Waals surface area contributed by atoms with Crippen LogP contribution in [-0.2, 0) is 14.8 Å². The van der Waals surface area contributed by atoms with Crippen molar-refractivity contribution in [2.75, 3.05) is 12.3 Å². The number of hydrogen-bond acceptors (Lipinski definition) is 5. The largest absolute Gasteiger partial charge is 0.398 e. The Bertz CT molecular complexity index is 572. The van der Waals surface area contributed by atoms with Crippen LogP contribution in [0.4, 0.5) is 5.69 Å². The predicted octanol–water partition coefficient (Wildman–Crippen LogP) is 0.103. The number of rotatable bonds is 6. The van der Waals surface area contributed by atoms with E-state index in [2.05, 4.69) is 15.0 Å². The Kier molecular flexibility index (Phi) is 5.46. The third-order valence-electron chi connectivity index (χ3n) is 2.52. The molecule has 112 valence electrons. The summed E-state index contributed by atoms with van der Waals surface area (Å²) in [4.78, 5) is 15.3. The maximum absolute atomic E-state index is 12.1. The first kappa shape index (κ1) is 16.4. The number of sulfonamides is 1. The maximum atomic E-state index is 12.1. The molecule has 7 nitrogen and oxygen atoms in total. The summed E-state index contributed by atoms with van der Waals surface area (Å²) < 4.78 is 26.5. The van der Waals surface area contributed by atoms with Gasteiger partial charge in [0.1, 0.15) is 4.90 Å². The SMILES string of the molecule is CC(C)CNC(=O)C(C)NS(=O)(=O)c1cnccc1N. The fraction of sp³-hybridized carbons (Fsp3) is 0.500. The number of nitrogen functional groups attached to an aromatic ring is 1. The Morgan fingerprint density at radius 1 is 1.40 bits per heavy atom. The average molecular weight is 300 g/mol. The van der Waals surface area contributed by atoms with Gasteiger partial charge in [0.25, 0.3) is 0 Å². The van der Waals surface area contributed by atoms with Crippen molar-refractivity contribution < 1.29 is 13.2 Å². The number of hydrogen-bond donors (Lipinski definition) is 3. The zero-order valence-corrected chi connectivity index (χ0v) is 12.6. The van der Waals surface area contributed by atoms with Crippen molar-refractivity contribution in [1.29, 1.82) is 0 Å². The quantitative estimate of drug-likeness (QED) is 0.689. The molecule has 0 aliphatic heterocycles. The highest BCUT2D eigenvalue weighted by atomic mass is 32.2. The second-order valence-electron chi connectivity index (χ2n) is 4.90. The van der Waals surface area contributed by atoms with Gasteiger partial charge in [0.05, 0.1) is 11.7 Å². The Morgan fingerprint density at radius 3 is 2.60 bits per heavy atom. The van der Waals surface area contributed by atoms with E-state index < -0.39 is 16.1 Å². The van der Waals surface area contributed by atoms with E-state index in [0.717, 1.165) is 6.20 Å². The maximum Gasteiger partial charge on any atom is 0.244 e. The first-order valence-corrected chi connectivity index (χ1v) is 7.72. The van der Waals surface area contributed by atoms with E-state index in [1.54, 1.807) is 0 Å². The number of carbonyl (C=O) groups is 1. The number of nitrogens with two attached hydrogens (primary N) is 1. The summed E-state index contributed by atoms with van der Waals surface area (Å²) in [5.74, 6) is -0.0959. The van der Waals surface area contributed by atoms with Crippen LogP contribution in [0.2, 0.25) is 0 Å². The van der Waals surface area contributed by atoms with Gasteiger partial charge in [-0.15, -0.1) is 0 Å². The summed E-state index contributed by atoms with van der Waals surface area (Å²) in [6.45, 7) is 5.86. The topological polar surface area (TPSA) is 114 Å². The third-order valence-corrected chi connectivity index (χ3v) is 4.10. The van der Waals surface area contributed by atoms with E-state index in [4.69, 9.17) is 5.73 Å². The van der Waals surface area contributed by atoms with Gasteiger partial charge < -0.3 is 11.1 Å². The minimum atomic E-state index is -3.87. The van der Waals surface area contributed by atoms with Crippen molar-refractivity contribution >= 4 is 21.6 Å². The second-order valence-corrected chi connectivity index (χ2v) is 6.58. The summed E-state index contributed by atoms with van der Waals surface area (Å²) in [7, 11) is -3.87. The van der Waals surface area contributed by atoms with Gasteiger partial charge >= 0.3 is 0 Å². The molecule has 4 N–H and O–H groups in total. The van der Waals surface area contributed by atoms with Crippen molar-refractivity contribution in [2.45, 2.75) is 31.7 Å². The Balaban J connectivity index is 2.77. The van der Waals surface area contributed by atoms with Crippen LogP contribution in [0.25, 0.3) is 0 Å². The molecule has 0 bridgehead atoms. The zero-order valence-electron chi connectivity index (χ0n) is 11.8. The normalized spacial score (nSPS) is 13.2. The fourth-order valence-electron chi connectivity index (χ4n) is 1.42. The summed E-state index contributed by atoms with van der Waals surface area (Å²) in [5.41, 5.74) is 5.68. The lowest BCUT2D eigenvalue weighted by molar-refractivity contribution is -0.122. The van der Waals surface area contributed by atoms with E-state index in [9.17, 15) is 13.2 Å². The Hall–Kier alpha value is -1.67. The molecule has 0 aliphatic rings. The summed E-state index contributed by atoms with van der Waals surface area (Å²) >= 11 is 0. The van der Waals surface area contributed by atoms with Gasteiger partial charge in [-0.25, -0.2) is 8.42 Å². The molecule has 1 aromatic rings. The predicted molar refractivity (Wildman–Crippen MR) is 76.3 cm³/mol. The molecule has 1 heterocycles. The molecule has 0 spiro atoms. The minimum Gasteiger partial charge on any atom is -0.398 e. The summed E-state index contributed by atoms with van der Waals surface area (Å²) in [6.07, 6.45) is 2.55. The van der Waals surface area contributed by atoms with E-state index in [1.807, 2.05) is 13.8 Å². The number of anilines is 1. The molecule has 8 heteroatoms. The van der Waals surface area contributed by atoms with E-state index >= 15 is 0 Å². The lowest BCUT2D eigenvalue weighted by Crippen LogP contribution is -2.45. The second kappa shape index (κ2) is 6.67. The highest BCUT2D eigenvalue weighted by Gasteiger charge is 2.23. The summed E-state index contributed by atoms with van der Waals surface area (Å²) in [6, 6.07) is 0.497. The van der Waals surface area contributed by atoms with Gasteiger partial charge in [0, 0.05) is 18.9 Å². The standard InChI is InChI=1S/C12H20N4O3S/c1-8(2)6-15-12(17)9(3)16-20(18,19)11-7-14-5-4-10(11)13/h4-5,7-9,16H,6H2,1-3H3,(H2,13,14)(H,15,17). The molecule has 1 unspecified atom stereocenters. The Morgan fingerprint density at radius 2 is 2.05 bits per heavy atom. The molecule has 1 atom stereocenters. The van der Waals surface area contributed by atoms with Gasteiger partial charge in [0.15, 0.2) is 0 Å². The average Bonchev–Trinajstić information content (AvgIpc) is 2.35. The molecule has 1 amide bonds. The van der Waals surface area contributed by atoms with Crippen LogP contribution < -0.4 is 15.8 Å². The van der Waals surface area contributed by atoms with Crippen LogP contribution in [0.3, 0.4) is 0 Å². The number of amides is 1. The molecular formula is C12H20N4O3S. The van der Waals surface area contributed by atoms with Crippen LogP contribution in [0, 0.1) is 5.92 Å². The smallest absolute Gasteiger partial charge is 0.244 e. The van der Waals surface area contributed by atoms with Gasteiger partial charge in [-0.05, 0) is 18.9 Å². The van der Waals surface area contributed by atoms with Crippen molar-refractivity contribution in [1.82, 2.24) is 15.0 Å². The van der Waals surface area contributed by atoms with Gasteiger partial charge in [0.2, 0.25) is 15.9 Å². The number of nitrogens with zero attached hydrogens (tertiary/aromatic N) is 1. The first-order valence-electron chi connectivity index (χ1n) is 6.23. The van der Waals surface area contributed by atoms with Crippen LogP contribution in [0.15, 0.2) is 23.4 Å². The highest BCUT2D eigenvalue weighted by molar-refractivity contribution is 7.89. The number of nitrogens with one attached hydrogen (secondary N) is 2.